The number of aryl methyl sites for hydroxylation is 1. The molecule has 2 aromatic heterocycles. The minimum atomic E-state index is -0.432. The molecule has 1 saturated heterocycles. The number of aromatic amines is 1. The van der Waals surface area contributed by atoms with Crippen molar-refractivity contribution in [1.82, 2.24) is 15.0 Å². The van der Waals surface area contributed by atoms with Gasteiger partial charge in [0.1, 0.15) is 17.8 Å². The molecule has 3 heterocycles. The first-order chi connectivity index (χ1) is 12.6. The summed E-state index contributed by atoms with van der Waals surface area (Å²) in [5.74, 6) is 1.64. The van der Waals surface area contributed by atoms with Gasteiger partial charge < -0.3 is 9.88 Å². The third kappa shape index (κ3) is 3.03. The number of nitrogens with zero attached hydrogens (tertiary/aromatic N) is 4. The molecule has 0 saturated carbocycles. The van der Waals surface area contributed by atoms with Crippen LogP contribution in [0.1, 0.15) is 30.3 Å². The number of nitrogens with one attached hydrogen (secondary N) is 1. The Morgan fingerprint density at radius 1 is 1.23 bits per heavy atom. The molecule has 0 bridgehead atoms. The van der Waals surface area contributed by atoms with Crippen molar-refractivity contribution in [3.63, 3.8) is 0 Å². The van der Waals surface area contributed by atoms with E-state index >= 15 is 0 Å². The molecule has 0 unspecified atom stereocenters. The molecule has 7 heteroatoms. The molecule has 7 nitrogen and oxygen atoms in total. The van der Waals surface area contributed by atoms with E-state index in [1.165, 1.54) is 17.8 Å². The van der Waals surface area contributed by atoms with E-state index in [2.05, 4.69) is 45.0 Å². The zero-order valence-corrected chi connectivity index (χ0v) is 14.4. The second-order valence-electron chi connectivity index (χ2n) is 6.53. The largest absolute Gasteiger partial charge is 0.346 e. The maximum Gasteiger partial charge on any atom is 0.287 e. The first-order valence-corrected chi connectivity index (χ1v) is 8.61. The molecule has 1 fully saturated rings. The van der Waals surface area contributed by atoms with Crippen LogP contribution in [-0.2, 0) is 0 Å². The predicted molar refractivity (Wildman–Crippen MR) is 99.0 cm³/mol. The average molecular weight is 349 g/mol. The Bertz CT molecular complexity index is 935. The summed E-state index contributed by atoms with van der Waals surface area (Å²) in [7, 11) is 0. The summed E-state index contributed by atoms with van der Waals surface area (Å²) in [6.07, 6.45) is 5.18. The molecule has 1 aromatic carbocycles. The van der Waals surface area contributed by atoms with Crippen molar-refractivity contribution in [2.24, 2.45) is 0 Å². The Labute approximate surface area is 150 Å². The number of aromatic nitrogens is 3. The Kier molecular flexibility index (Phi) is 4.12. The molecule has 1 atom stereocenters. The van der Waals surface area contributed by atoms with E-state index in [4.69, 9.17) is 0 Å². The van der Waals surface area contributed by atoms with Crippen LogP contribution in [0.25, 0.3) is 11.3 Å². The molecular weight excluding hydrogens is 330 g/mol. The second-order valence-corrected chi connectivity index (χ2v) is 6.53. The van der Waals surface area contributed by atoms with Crippen LogP contribution in [0.3, 0.4) is 0 Å². The third-order valence-electron chi connectivity index (χ3n) is 4.73. The van der Waals surface area contributed by atoms with Crippen molar-refractivity contribution in [1.29, 1.82) is 0 Å². The van der Waals surface area contributed by atoms with Gasteiger partial charge in [-0.3, -0.25) is 10.1 Å². The highest BCUT2D eigenvalue weighted by Gasteiger charge is 2.29. The molecule has 1 aliphatic rings. The van der Waals surface area contributed by atoms with Crippen LogP contribution < -0.4 is 4.90 Å². The summed E-state index contributed by atoms with van der Waals surface area (Å²) in [6.45, 7) is 2.93. The molecule has 3 aromatic rings. The fraction of sp³-hybridized carbons (Fsp3) is 0.263. The molecule has 1 aliphatic heterocycles. The van der Waals surface area contributed by atoms with Crippen molar-refractivity contribution in [3.8, 4) is 11.3 Å². The lowest BCUT2D eigenvalue weighted by atomic mass is 10.1. The van der Waals surface area contributed by atoms with Gasteiger partial charge in [0, 0.05) is 12.6 Å². The van der Waals surface area contributed by atoms with E-state index in [0.717, 1.165) is 42.3 Å². The van der Waals surface area contributed by atoms with Crippen LogP contribution in [0.2, 0.25) is 0 Å². The Hall–Kier alpha value is -3.22. The number of pyridine rings is 1. The molecule has 4 rings (SSSR count). The van der Waals surface area contributed by atoms with Crippen LogP contribution in [-0.4, -0.2) is 26.4 Å². The number of hydrogen-bond donors (Lipinski definition) is 1. The van der Waals surface area contributed by atoms with Gasteiger partial charge in [-0.15, -0.1) is 0 Å². The highest BCUT2D eigenvalue weighted by atomic mass is 16.6. The smallest absolute Gasteiger partial charge is 0.287 e. The zero-order chi connectivity index (χ0) is 18.1. The van der Waals surface area contributed by atoms with Gasteiger partial charge >= 0.3 is 0 Å². The lowest BCUT2D eigenvalue weighted by Crippen LogP contribution is -2.24. The lowest BCUT2D eigenvalue weighted by molar-refractivity contribution is -0.385. The maximum absolute atomic E-state index is 10.8. The van der Waals surface area contributed by atoms with Crippen LogP contribution in [0, 0.1) is 17.0 Å². The zero-order valence-electron chi connectivity index (χ0n) is 14.4. The van der Waals surface area contributed by atoms with E-state index in [1.807, 2.05) is 12.3 Å². The summed E-state index contributed by atoms with van der Waals surface area (Å²) in [4.78, 5) is 24.8. The number of hydrogen-bond acceptors (Lipinski definition) is 5. The van der Waals surface area contributed by atoms with E-state index in [9.17, 15) is 10.1 Å². The van der Waals surface area contributed by atoms with Crippen molar-refractivity contribution < 1.29 is 4.92 Å². The first kappa shape index (κ1) is 16.3. The fourth-order valence-electron chi connectivity index (χ4n) is 3.45. The normalized spacial score (nSPS) is 16.8. The van der Waals surface area contributed by atoms with E-state index < -0.39 is 4.92 Å². The lowest BCUT2D eigenvalue weighted by Gasteiger charge is -2.24. The molecule has 0 amide bonds. The van der Waals surface area contributed by atoms with Crippen molar-refractivity contribution in [3.05, 3.63) is 70.3 Å². The third-order valence-corrected chi connectivity index (χ3v) is 4.73. The monoisotopic (exact) mass is 349 g/mol. The second kappa shape index (κ2) is 6.59. The van der Waals surface area contributed by atoms with E-state index in [1.54, 1.807) is 6.07 Å². The molecule has 132 valence electrons. The van der Waals surface area contributed by atoms with Gasteiger partial charge in [-0.2, -0.15) is 0 Å². The number of benzene rings is 1. The Morgan fingerprint density at radius 3 is 2.85 bits per heavy atom. The summed E-state index contributed by atoms with van der Waals surface area (Å²) < 4.78 is 0. The SMILES string of the molecule is Cc1cccc(-c2cnc([C@@H]3CCCN3c3ccc([N+](=O)[O-])cn3)[nH]2)c1. The number of nitro groups is 1. The maximum atomic E-state index is 10.8. The van der Waals surface area contributed by atoms with Crippen LogP contribution in [0.4, 0.5) is 11.5 Å². The highest BCUT2D eigenvalue weighted by Crippen LogP contribution is 2.35. The van der Waals surface area contributed by atoms with E-state index in [0.29, 0.717) is 0 Å². The molecule has 0 spiro atoms. The summed E-state index contributed by atoms with van der Waals surface area (Å²) in [5, 5.41) is 10.8. The van der Waals surface area contributed by atoms with Gasteiger partial charge in [0.15, 0.2) is 0 Å². The number of anilines is 1. The highest BCUT2D eigenvalue weighted by molar-refractivity contribution is 5.59. The van der Waals surface area contributed by atoms with Crippen molar-refractivity contribution in [2.45, 2.75) is 25.8 Å². The summed E-state index contributed by atoms with van der Waals surface area (Å²) >= 11 is 0. The number of rotatable bonds is 4. The van der Waals surface area contributed by atoms with Gasteiger partial charge in [0.25, 0.3) is 5.69 Å². The van der Waals surface area contributed by atoms with Gasteiger partial charge in [0.2, 0.25) is 0 Å². The average Bonchev–Trinajstić information content (AvgIpc) is 3.31. The quantitative estimate of drug-likeness (QED) is 0.567. The fourth-order valence-corrected chi connectivity index (χ4v) is 3.45. The first-order valence-electron chi connectivity index (χ1n) is 8.61. The number of imidazole rings is 1. The summed E-state index contributed by atoms with van der Waals surface area (Å²) in [6, 6.07) is 11.6. The van der Waals surface area contributed by atoms with Gasteiger partial charge in [0.05, 0.1) is 22.9 Å². The predicted octanol–water partition coefficient (Wildman–Crippen LogP) is 4.03. The standard InChI is InChI=1S/C19H19N5O2/c1-13-4-2-5-14(10-13)16-12-21-19(22-16)17-6-3-9-23(17)18-8-7-15(11-20-18)24(25)26/h2,4-5,7-8,10-12,17H,3,6,9H2,1H3,(H,21,22)/t17-/m0/s1. The molecular formula is C19H19N5O2. The molecule has 0 aliphatic carbocycles. The van der Waals surface area contributed by atoms with Crippen LogP contribution in [0.5, 0.6) is 0 Å². The molecule has 26 heavy (non-hydrogen) atoms. The minimum absolute atomic E-state index is 0.00392. The van der Waals surface area contributed by atoms with Crippen molar-refractivity contribution >= 4 is 11.5 Å². The topological polar surface area (TPSA) is 87.9 Å². The van der Waals surface area contributed by atoms with Crippen molar-refractivity contribution in [2.75, 3.05) is 11.4 Å². The number of H-pyrrole nitrogens is 1. The van der Waals surface area contributed by atoms with Gasteiger partial charge in [-0.25, -0.2) is 9.97 Å². The summed E-state index contributed by atoms with van der Waals surface area (Å²) in [5.41, 5.74) is 3.31. The minimum Gasteiger partial charge on any atom is -0.346 e. The van der Waals surface area contributed by atoms with Gasteiger partial charge in [-0.05, 0) is 37.5 Å². The Balaban J connectivity index is 1.60. The van der Waals surface area contributed by atoms with Gasteiger partial charge in [-0.1, -0.05) is 23.8 Å². The van der Waals surface area contributed by atoms with Crippen LogP contribution in [0.15, 0.2) is 48.8 Å². The Morgan fingerprint density at radius 2 is 2.12 bits per heavy atom. The molecule has 1 N–H and O–H groups in total. The molecule has 0 radical (unpaired) electrons. The van der Waals surface area contributed by atoms with E-state index in [-0.39, 0.29) is 11.7 Å². The van der Waals surface area contributed by atoms with Crippen LogP contribution >= 0.6 is 0 Å².